The molecule has 0 spiro atoms. The Hall–Kier alpha value is -1.08. The molecule has 0 bridgehead atoms. The van der Waals surface area contributed by atoms with E-state index in [4.69, 9.17) is 4.74 Å². The maximum atomic E-state index is 6.11. The van der Waals surface area contributed by atoms with Crippen LogP contribution in [0.25, 0.3) is 0 Å². The first-order chi connectivity index (χ1) is 13.5. The molecule has 2 aliphatic carbocycles. The van der Waals surface area contributed by atoms with E-state index in [9.17, 15) is 0 Å². The van der Waals surface area contributed by atoms with Gasteiger partial charge in [-0.1, -0.05) is 70.0 Å². The molecule has 0 amide bonds. The van der Waals surface area contributed by atoms with Crippen molar-refractivity contribution >= 4 is 0 Å². The lowest BCUT2D eigenvalue weighted by atomic mass is 9.78. The van der Waals surface area contributed by atoms with Crippen LogP contribution in [0.15, 0.2) is 36.4 Å². The Balaban J connectivity index is 1.45. The van der Waals surface area contributed by atoms with E-state index in [-0.39, 0.29) is 0 Å². The molecule has 1 nitrogen and oxygen atoms in total. The summed E-state index contributed by atoms with van der Waals surface area (Å²) in [6.07, 6.45) is 15.8. The lowest BCUT2D eigenvalue weighted by Crippen LogP contribution is -2.18. The fraction of sp³-hybridized carbons (Fsp3) is 0.704. The molecule has 2 aliphatic rings. The highest BCUT2D eigenvalue weighted by Gasteiger charge is 2.21. The number of ether oxygens (including phenoxy) is 1. The van der Waals surface area contributed by atoms with Gasteiger partial charge in [-0.3, -0.25) is 0 Å². The van der Waals surface area contributed by atoms with Gasteiger partial charge < -0.3 is 4.74 Å². The number of benzene rings is 1. The van der Waals surface area contributed by atoms with Gasteiger partial charge in [0.15, 0.2) is 0 Å². The van der Waals surface area contributed by atoms with Crippen LogP contribution in [0.4, 0.5) is 0 Å². The molecular formula is C27H42O. The summed E-state index contributed by atoms with van der Waals surface area (Å²) in [6, 6.07) is 9.62. The Kier molecular flexibility index (Phi) is 8.21. The molecule has 0 aromatic heterocycles. The van der Waals surface area contributed by atoms with E-state index in [2.05, 4.69) is 64.1 Å². The molecule has 0 radical (unpaired) electrons. The molecule has 156 valence electrons. The van der Waals surface area contributed by atoms with Crippen LogP contribution in [-0.4, -0.2) is 12.7 Å². The minimum absolute atomic E-state index is 0.392. The SMILES string of the molecule is CC(C)CCC(C)OCC1C=CC(c2ccc(C3CCC(C)CC3)cc2)CC1. The van der Waals surface area contributed by atoms with Gasteiger partial charge in [-0.05, 0) is 74.3 Å². The summed E-state index contributed by atoms with van der Waals surface area (Å²) in [5.74, 6) is 3.69. The van der Waals surface area contributed by atoms with Crippen LogP contribution in [0.2, 0.25) is 0 Å². The molecule has 0 aliphatic heterocycles. The predicted molar refractivity (Wildman–Crippen MR) is 121 cm³/mol. The summed E-state index contributed by atoms with van der Waals surface area (Å²) in [5, 5.41) is 0. The zero-order chi connectivity index (χ0) is 19.9. The molecular weight excluding hydrogens is 340 g/mol. The third-order valence-corrected chi connectivity index (χ3v) is 7.06. The van der Waals surface area contributed by atoms with Crippen LogP contribution in [0, 0.1) is 17.8 Å². The second-order valence-electron chi connectivity index (χ2n) is 10.1. The molecule has 3 atom stereocenters. The monoisotopic (exact) mass is 382 g/mol. The summed E-state index contributed by atoms with van der Waals surface area (Å²) in [7, 11) is 0. The highest BCUT2D eigenvalue weighted by Crippen LogP contribution is 2.37. The molecule has 3 unspecified atom stereocenters. The van der Waals surface area contributed by atoms with E-state index in [1.165, 1.54) is 56.9 Å². The Morgan fingerprint density at radius 3 is 2.11 bits per heavy atom. The second kappa shape index (κ2) is 10.6. The first kappa shape index (κ1) is 21.6. The number of rotatable bonds is 8. The topological polar surface area (TPSA) is 9.23 Å². The largest absolute Gasteiger partial charge is 0.378 e. The maximum absolute atomic E-state index is 6.11. The normalized spacial score (nSPS) is 29.2. The van der Waals surface area contributed by atoms with E-state index in [0.717, 1.165) is 24.4 Å². The molecule has 1 aromatic rings. The summed E-state index contributed by atoms with van der Waals surface area (Å²) in [4.78, 5) is 0. The molecule has 0 N–H and O–H groups in total. The van der Waals surface area contributed by atoms with Gasteiger partial charge in [0, 0.05) is 11.8 Å². The first-order valence-electron chi connectivity index (χ1n) is 11.9. The Morgan fingerprint density at radius 1 is 0.821 bits per heavy atom. The van der Waals surface area contributed by atoms with Crippen molar-refractivity contribution in [3.63, 3.8) is 0 Å². The van der Waals surface area contributed by atoms with Gasteiger partial charge in [0.05, 0.1) is 12.7 Å². The van der Waals surface area contributed by atoms with Crippen molar-refractivity contribution in [3.05, 3.63) is 47.5 Å². The molecule has 0 saturated heterocycles. The zero-order valence-corrected chi connectivity index (χ0v) is 18.7. The fourth-order valence-electron chi connectivity index (χ4n) is 4.84. The predicted octanol–water partition coefficient (Wildman–Crippen LogP) is 7.87. The van der Waals surface area contributed by atoms with Gasteiger partial charge in [0.25, 0.3) is 0 Å². The zero-order valence-electron chi connectivity index (χ0n) is 18.7. The fourth-order valence-corrected chi connectivity index (χ4v) is 4.84. The first-order valence-corrected chi connectivity index (χ1v) is 11.9. The number of hydrogen-bond donors (Lipinski definition) is 0. The Bertz CT molecular complexity index is 591. The van der Waals surface area contributed by atoms with Crippen LogP contribution >= 0.6 is 0 Å². The maximum Gasteiger partial charge on any atom is 0.0547 e. The van der Waals surface area contributed by atoms with Gasteiger partial charge in [-0.2, -0.15) is 0 Å². The van der Waals surface area contributed by atoms with Crippen molar-refractivity contribution in [2.24, 2.45) is 17.8 Å². The third-order valence-electron chi connectivity index (χ3n) is 7.06. The lowest BCUT2D eigenvalue weighted by molar-refractivity contribution is 0.0383. The van der Waals surface area contributed by atoms with Crippen molar-refractivity contribution in [2.75, 3.05) is 6.61 Å². The van der Waals surface area contributed by atoms with Crippen LogP contribution in [0.5, 0.6) is 0 Å². The highest BCUT2D eigenvalue weighted by molar-refractivity contribution is 5.31. The summed E-state index contributed by atoms with van der Waals surface area (Å²) >= 11 is 0. The van der Waals surface area contributed by atoms with Gasteiger partial charge in [-0.15, -0.1) is 0 Å². The van der Waals surface area contributed by atoms with E-state index >= 15 is 0 Å². The van der Waals surface area contributed by atoms with Crippen molar-refractivity contribution in [1.29, 1.82) is 0 Å². The van der Waals surface area contributed by atoms with Gasteiger partial charge in [-0.25, -0.2) is 0 Å². The van der Waals surface area contributed by atoms with E-state index in [1.54, 1.807) is 5.56 Å². The smallest absolute Gasteiger partial charge is 0.0547 e. The Labute approximate surface area is 174 Å². The van der Waals surface area contributed by atoms with Crippen LogP contribution in [0.3, 0.4) is 0 Å². The average Bonchev–Trinajstić information content (AvgIpc) is 2.72. The van der Waals surface area contributed by atoms with Gasteiger partial charge in [0.1, 0.15) is 0 Å². The van der Waals surface area contributed by atoms with Crippen molar-refractivity contribution in [3.8, 4) is 0 Å². The molecule has 1 aromatic carbocycles. The molecule has 1 heteroatoms. The van der Waals surface area contributed by atoms with E-state index < -0.39 is 0 Å². The minimum atomic E-state index is 0.392. The van der Waals surface area contributed by atoms with E-state index in [0.29, 0.717) is 17.9 Å². The Morgan fingerprint density at radius 2 is 1.50 bits per heavy atom. The number of allylic oxidation sites excluding steroid dienone is 1. The standard InChI is InChI=1S/C27H42O/c1-20(2)5-8-22(4)28-19-23-9-13-25(14-10-23)27-17-15-26(16-18-27)24-11-6-21(3)7-12-24/h9,13,15-18,20-25H,5-8,10-12,14,19H2,1-4H3. The molecule has 1 saturated carbocycles. The molecule has 0 heterocycles. The van der Waals surface area contributed by atoms with Crippen LogP contribution < -0.4 is 0 Å². The van der Waals surface area contributed by atoms with Crippen LogP contribution in [-0.2, 0) is 4.74 Å². The van der Waals surface area contributed by atoms with Crippen LogP contribution in [0.1, 0.15) is 102 Å². The average molecular weight is 383 g/mol. The van der Waals surface area contributed by atoms with Crippen molar-refractivity contribution in [1.82, 2.24) is 0 Å². The highest BCUT2D eigenvalue weighted by atomic mass is 16.5. The van der Waals surface area contributed by atoms with Gasteiger partial charge >= 0.3 is 0 Å². The van der Waals surface area contributed by atoms with E-state index in [1.807, 2.05) is 0 Å². The van der Waals surface area contributed by atoms with Crippen molar-refractivity contribution < 1.29 is 4.74 Å². The quantitative estimate of drug-likeness (QED) is 0.416. The van der Waals surface area contributed by atoms with Crippen molar-refractivity contribution in [2.45, 2.75) is 97.0 Å². The molecule has 28 heavy (non-hydrogen) atoms. The summed E-state index contributed by atoms with van der Waals surface area (Å²) in [6.45, 7) is 10.1. The second-order valence-corrected chi connectivity index (χ2v) is 10.1. The summed E-state index contributed by atoms with van der Waals surface area (Å²) < 4.78 is 6.11. The molecule has 3 rings (SSSR count). The molecule has 1 fully saturated rings. The lowest BCUT2D eigenvalue weighted by Gasteiger charge is -2.27. The third kappa shape index (κ3) is 6.48. The summed E-state index contributed by atoms with van der Waals surface area (Å²) in [5.41, 5.74) is 3.06. The number of hydrogen-bond acceptors (Lipinski definition) is 1. The van der Waals surface area contributed by atoms with Gasteiger partial charge in [0.2, 0.25) is 0 Å². The minimum Gasteiger partial charge on any atom is -0.378 e.